The van der Waals surface area contributed by atoms with Crippen LogP contribution >= 0.6 is 27.3 Å². The normalized spacial score (nSPS) is 10.9. The van der Waals surface area contributed by atoms with Crippen LogP contribution in [0.15, 0.2) is 34.8 Å². The van der Waals surface area contributed by atoms with Crippen molar-refractivity contribution >= 4 is 33.0 Å². The first kappa shape index (κ1) is 13.6. The molecule has 1 heterocycles. The number of benzene rings is 1. The molecule has 0 aliphatic heterocycles. The van der Waals surface area contributed by atoms with Crippen LogP contribution in [0.3, 0.4) is 0 Å². The molecule has 0 unspecified atom stereocenters. The monoisotopic (exact) mass is 323 g/mol. The molecule has 0 atom stereocenters. The lowest BCUT2D eigenvalue weighted by atomic mass is 10.0. The fraction of sp³-hybridized carbons (Fsp3) is 0.333. The molecule has 0 aliphatic rings. The van der Waals surface area contributed by atoms with Crippen molar-refractivity contribution in [3.05, 3.63) is 50.1 Å². The number of hydrogen-bond acceptors (Lipinski definition) is 2. The van der Waals surface area contributed by atoms with Gasteiger partial charge in [-0.25, -0.2) is 0 Å². The van der Waals surface area contributed by atoms with Crippen molar-refractivity contribution < 1.29 is 0 Å². The molecule has 0 saturated carbocycles. The van der Waals surface area contributed by atoms with Gasteiger partial charge >= 0.3 is 0 Å². The summed E-state index contributed by atoms with van der Waals surface area (Å²) in [5.74, 6) is 0.593. The largest absolute Gasteiger partial charge is 0.380 e. The average Bonchev–Trinajstić information content (AvgIpc) is 2.67. The molecular weight excluding hydrogens is 306 g/mol. The number of rotatable bonds is 4. The van der Waals surface area contributed by atoms with E-state index >= 15 is 0 Å². The first-order chi connectivity index (χ1) is 8.56. The van der Waals surface area contributed by atoms with Crippen LogP contribution in [0, 0.1) is 6.92 Å². The van der Waals surface area contributed by atoms with Crippen LogP contribution in [0.5, 0.6) is 0 Å². The van der Waals surface area contributed by atoms with Crippen molar-refractivity contribution in [1.82, 2.24) is 0 Å². The number of hydrogen-bond donors (Lipinski definition) is 1. The van der Waals surface area contributed by atoms with Crippen LogP contribution in [0.4, 0.5) is 5.69 Å². The van der Waals surface area contributed by atoms with Crippen molar-refractivity contribution in [3.63, 3.8) is 0 Å². The van der Waals surface area contributed by atoms with Crippen LogP contribution in [0.25, 0.3) is 0 Å². The molecule has 2 rings (SSSR count). The van der Waals surface area contributed by atoms with Crippen molar-refractivity contribution in [3.8, 4) is 0 Å². The van der Waals surface area contributed by atoms with Crippen molar-refractivity contribution in [1.29, 1.82) is 0 Å². The second kappa shape index (κ2) is 5.89. The highest BCUT2D eigenvalue weighted by atomic mass is 79.9. The minimum Gasteiger partial charge on any atom is -0.380 e. The second-order valence-corrected chi connectivity index (χ2v) is 6.94. The Balaban J connectivity index is 1.97. The van der Waals surface area contributed by atoms with Crippen LogP contribution in [0.2, 0.25) is 0 Å². The van der Waals surface area contributed by atoms with Gasteiger partial charge in [-0.05, 0) is 52.5 Å². The molecule has 0 saturated heterocycles. The van der Waals surface area contributed by atoms with E-state index in [9.17, 15) is 0 Å². The van der Waals surface area contributed by atoms with Gasteiger partial charge in [0, 0.05) is 26.5 Å². The maximum Gasteiger partial charge on any atom is 0.0494 e. The van der Waals surface area contributed by atoms with E-state index in [1.54, 1.807) is 0 Å². The Morgan fingerprint density at radius 3 is 2.39 bits per heavy atom. The molecule has 96 valence electrons. The Kier molecular flexibility index (Phi) is 4.46. The van der Waals surface area contributed by atoms with E-state index in [2.05, 4.69) is 72.3 Å². The third-order valence-corrected chi connectivity index (χ3v) is 5.09. The molecule has 0 bridgehead atoms. The highest BCUT2D eigenvalue weighted by molar-refractivity contribution is 9.10. The zero-order valence-corrected chi connectivity index (χ0v) is 13.4. The number of thiophene rings is 1. The van der Waals surface area contributed by atoms with E-state index in [0.29, 0.717) is 5.92 Å². The number of halogens is 1. The maximum absolute atomic E-state index is 3.55. The maximum atomic E-state index is 3.55. The van der Waals surface area contributed by atoms with Gasteiger partial charge in [-0.15, -0.1) is 11.3 Å². The third kappa shape index (κ3) is 3.36. The van der Waals surface area contributed by atoms with E-state index in [0.717, 1.165) is 6.54 Å². The fourth-order valence-corrected chi connectivity index (χ4v) is 3.32. The van der Waals surface area contributed by atoms with Gasteiger partial charge in [0.2, 0.25) is 0 Å². The van der Waals surface area contributed by atoms with Crippen molar-refractivity contribution in [2.75, 3.05) is 5.32 Å². The summed E-state index contributed by atoms with van der Waals surface area (Å²) in [4.78, 5) is 2.69. The number of anilines is 1. The zero-order valence-electron chi connectivity index (χ0n) is 11.0. The summed E-state index contributed by atoms with van der Waals surface area (Å²) in [7, 11) is 0. The van der Waals surface area contributed by atoms with Gasteiger partial charge in [0.15, 0.2) is 0 Å². The Bertz CT molecular complexity index is 494. The van der Waals surface area contributed by atoms with Gasteiger partial charge in [-0.3, -0.25) is 0 Å². The quantitative estimate of drug-likeness (QED) is 0.777. The summed E-state index contributed by atoms with van der Waals surface area (Å²) in [6.07, 6.45) is 0. The van der Waals surface area contributed by atoms with Crippen LogP contribution < -0.4 is 5.32 Å². The fourth-order valence-electron chi connectivity index (χ4n) is 1.78. The summed E-state index contributed by atoms with van der Waals surface area (Å²) in [5, 5.41) is 3.46. The topological polar surface area (TPSA) is 12.0 Å². The van der Waals surface area contributed by atoms with Gasteiger partial charge in [-0.2, -0.15) is 0 Å². The van der Waals surface area contributed by atoms with E-state index in [4.69, 9.17) is 0 Å². The molecule has 0 fully saturated rings. The first-order valence-electron chi connectivity index (χ1n) is 6.15. The Morgan fingerprint density at radius 2 is 1.89 bits per heavy atom. The summed E-state index contributed by atoms with van der Waals surface area (Å²) < 4.78 is 1.21. The standard InChI is InChI=1S/C15H18BrNS/c1-10(2)12-4-6-13(7-5-12)17-9-14-8-15(16)11(3)18-14/h4-8,10,17H,9H2,1-3H3. The second-order valence-electron chi connectivity index (χ2n) is 4.75. The van der Waals surface area contributed by atoms with Crippen molar-refractivity contribution in [2.24, 2.45) is 0 Å². The highest BCUT2D eigenvalue weighted by Gasteiger charge is 2.03. The highest BCUT2D eigenvalue weighted by Crippen LogP contribution is 2.27. The van der Waals surface area contributed by atoms with Crippen LogP contribution in [0.1, 0.15) is 35.1 Å². The van der Waals surface area contributed by atoms with Gasteiger partial charge in [0.1, 0.15) is 0 Å². The first-order valence-corrected chi connectivity index (χ1v) is 7.76. The van der Waals surface area contributed by atoms with E-state index in [1.807, 2.05) is 11.3 Å². The lowest BCUT2D eigenvalue weighted by Crippen LogP contribution is -1.97. The Hall–Kier alpha value is -0.800. The molecule has 0 spiro atoms. The lowest BCUT2D eigenvalue weighted by Gasteiger charge is -2.08. The molecular formula is C15H18BrNS. The predicted molar refractivity (Wildman–Crippen MR) is 84.6 cm³/mol. The van der Waals surface area contributed by atoms with Gasteiger partial charge in [0.25, 0.3) is 0 Å². The van der Waals surface area contributed by atoms with Crippen molar-refractivity contribution in [2.45, 2.75) is 33.2 Å². The molecule has 1 aromatic heterocycles. The molecule has 1 aromatic carbocycles. The zero-order chi connectivity index (χ0) is 13.1. The number of aryl methyl sites for hydroxylation is 1. The Labute approximate surface area is 121 Å². The SMILES string of the molecule is Cc1sc(CNc2ccc(C(C)C)cc2)cc1Br. The molecule has 2 aromatic rings. The lowest BCUT2D eigenvalue weighted by molar-refractivity contribution is 0.867. The Morgan fingerprint density at radius 1 is 1.22 bits per heavy atom. The molecule has 0 aliphatic carbocycles. The molecule has 18 heavy (non-hydrogen) atoms. The van der Waals surface area contributed by atoms with Gasteiger partial charge < -0.3 is 5.32 Å². The summed E-state index contributed by atoms with van der Waals surface area (Å²) in [6, 6.07) is 10.9. The van der Waals surface area contributed by atoms with Crippen LogP contribution in [-0.4, -0.2) is 0 Å². The molecule has 0 radical (unpaired) electrons. The summed E-state index contributed by atoms with van der Waals surface area (Å²) >= 11 is 5.38. The molecule has 3 heteroatoms. The van der Waals surface area contributed by atoms with E-state index in [1.165, 1.54) is 25.5 Å². The number of nitrogens with one attached hydrogen (secondary N) is 1. The van der Waals surface area contributed by atoms with Gasteiger partial charge in [-0.1, -0.05) is 26.0 Å². The minimum absolute atomic E-state index is 0.593. The molecule has 0 amide bonds. The van der Waals surface area contributed by atoms with E-state index < -0.39 is 0 Å². The average molecular weight is 324 g/mol. The summed E-state index contributed by atoms with van der Waals surface area (Å²) in [5.41, 5.74) is 2.57. The molecule has 1 N–H and O–H groups in total. The van der Waals surface area contributed by atoms with Crippen LogP contribution in [-0.2, 0) is 6.54 Å². The third-order valence-electron chi connectivity index (χ3n) is 2.95. The predicted octanol–water partition coefficient (Wildman–Crippen LogP) is 5.55. The van der Waals surface area contributed by atoms with E-state index in [-0.39, 0.29) is 0 Å². The minimum atomic E-state index is 0.593. The molecule has 1 nitrogen and oxygen atoms in total. The summed E-state index contributed by atoms with van der Waals surface area (Å²) in [6.45, 7) is 7.45. The van der Waals surface area contributed by atoms with Gasteiger partial charge in [0.05, 0.1) is 0 Å². The smallest absolute Gasteiger partial charge is 0.0494 e.